The molecular formula is C15H22ClN3O. The van der Waals surface area contributed by atoms with E-state index in [1.54, 1.807) is 6.07 Å². The molecule has 1 fully saturated rings. The Bertz CT molecular complexity index is 516. The zero-order valence-electron chi connectivity index (χ0n) is 12.2. The van der Waals surface area contributed by atoms with Gasteiger partial charge >= 0.3 is 0 Å². The second-order valence-electron chi connectivity index (χ2n) is 6.08. The highest BCUT2D eigenvalue weighted by Crippen LogP contribution is 2.25. The fraction of sp³-hybridized carbons (Fsp3) is 0.533. The molecule has 5 heteroatoms. The average Bonchev–Trinajstić information content (AvgIpc) is 2.28. The highest BCUT2D eigenvalue weighted by atomic mass is 35.5. The number of amidine groups is 1. The number of rotatable bonds is 3. The van der Waals surface area contributed by atoms with Crippen LogP contribution in [-0.2, 0) is 11.3 Å². The van der Waals surface area contributed by atoms with Crippen LogP contribution in [0.15, 0.2) is 18.2 Å². The number of nitrogens with zero attached hydrogens (tertiary/aromatic N) is 1. The molecule has 1 aliphatic rings. The molecule has 1 atom stereocenters. The van der Waals surface area contributed by atoms with Gasteiger partial charge in [0.15, 0.2) is 0 Å². The van der Waals surface area contributed by atoms with Crippen LogP contribution in [0, 0.1) is 5.41 Å². The number of nitrogen functional groups attached to an aromatic ring is 1. The van der Waals surface area contributed by atoms with Crippen molar-refractivity contribution in [3.05, 3.63) is 34.3 Å². The van der Waals surface area contributed by atoms with Gasteiger partial charge in [0.1, 0.15) is 5.84 Å². The van der Waals surface area contributed by atoms with Crippen LogP contribution < -0.4 is 5.73 Å². The van der Waals surface area contributed by atoms with E-state index in [9.17, 15) is 0 Å². The van der Waals surface area contributed by atoms with Gasteiger partial charge < -0.3 is 10.5 Å². The summed E-state index contributed by atoms with van der Waals surface area (Å²) in [5.74, 6) is 0.0413. The van der Waals surface area contributed by atoms with Gasteiger partial charge in [-0.1, -0.05) is 23.7 Å². The first-order valence-electron chi connectivity index (χ1n) is 6.80. The molecule has 0 saturated carbocycles. The van der Waals surface area contributed by atoms with Crippen molar-refractivity contribution in [2.45, 2.75) is 39.0 Å². The van der Waals surface area contributed by atoms with E-state index < -0.39 is 0 Å². The molecule has 2 rings (SSSR count). The lowest BCUT2D eigenvalue weighted by molar-refractivity contribution is -0.130. The highest BCUT2D eigenvalue weighted by molar-refractivity contribution is 6.31. The van der Waals surface area contributed by atoms with Crippen molar-refractivity contribution in [2.24, 2.45) is 5.73 Å². The van der Waals surface area contributed by atoms with E-state index in [1.165, 1.54) is 0 Å². The van der Waals surface area contributed by atoms with Crippen molar-refractivity contribution in [3.8, 4) is 0 Å². The maximum atomic E-state index is 7.43. The third-order valence-electron chi connectivity index (χ3n) is 3.40. The van der Waals surface area contributed by atoms with Crippen molar-refractivity contribution < 1.29 is 4.74 Å². The Balaban J connectivity index is 2.12. The number of morpholine rings is 1. The minimum absolute atomic E-state index is 0.0413. The number of ether oxygens (including phenoxy) is 1. The van der Waals surface area contributed by atoms with Crippen molar-refractivity contribution in [2.75, 3.05) is 13.1 Å². The fourth-order valence-electron chi connectivity index (χ4n) is 2.79. The minimum atomic E-state index is -0.135. The van der Waals surface area contributed by atoms with Crippen LogP contribution in [0.25, 0.3) is 0 Å². The SMILES string of the molecule is CC1CN(Cc2ccc(C(=N)N)cc2Cl)CC(C)(C)O1. The third kappa shape index (κ3) is 3.72. The van der Waals surface area contributed by atoms with Crippen molar-refractivity contribution in [1.82, 2.24) is 4.90 Å². The zero-order chi connectivity index (χ0) is 14.9. The number of benzene rings is 1. The Morgan fingerprint density at radius 2 is 2.25 bits per heavy atom. The van der Waals surface area contributed by atoms with E-state index in [4.69, 9.17) is 27.5 Å². The predicted molar refractivity (Wildman–Crippen MR) is 82.4 cm³/mol. The molecule has 3 N–H and O–H groups in total. The molecule has 1 saturated heterocycles. The van der Waals surface area contributed by atoms with Crippen LogP contribution >= 0.6 is 11.6 Å². The summed E-state index contributed by atoms with van der Waals surface area (Å²) in [5, 5.41) is 8.09. The molecule has 0 aromatic heterocycles. The van der Waals surface area contributed by atoms with Gasteiger partial charge in [0, 0.05) is 30.2 Å². The number of hydrogen-bond acceptors (Lipinski definition) is 3. The standard InChI is InChI=1S/C15H22ClN3O/c1-10-7-19(9-15(2,3)20-10)8-12-5-4-11(14(17)18)6-13(12)16/h4-6,10H,7-9H2,1-3H3,(H3,17,18). The van der Waals surface area contributed by atoms with Crippen molar-refractivity contribution >= 4 is 17.4 Å². The molecule has 1 aromatic rings. The molecule has 20 heavy (non-hydrogen) atoms. The topological polar surface area (TPSA) is 62.3 Å². The molecule has 0 radical (unpaired) electrons. The van der Waals surface area contributed by atoms with Crippen LogP contribution in [0.2, 0.25) is 5.02 Å². The fourth-order valence-corrected chi connectivity index (χ4v) is 3.03. The molecule has 1 unspecified atom stereocenters. The van der Waals surface area contributed by atoms with Gasteiger partial charge in [0.2, 0.25) is 0 Å². The molecule has 4 nitrogen and oxygen atoms in total. The van der Waals surface area contributed by atoms with Gasteiger partial charge in [0.05, 0.1) is 11.7 Å². The minimum Gasteiger partial charge on any atom is -0.384 e. The molecule has 110 valence electrons. The summed E-state index contributed by atoms with van der Waals surface area (Å²) in [6.45, 7) is 8.87. The summed E-state index contributed by atoms with van der Waals surface area (Å²) in [5.41, 5.74) is 7.05. The van der Waals surface area contributed by atoms with Gasteiger partial charge in [-0.2, -0.15) is 0 Å². The predicted octanol–water partition coefficient (Wildman–Crippen LogP) is 2.62. The molecule has 0 amide bonds. The monoisotopic (exact) mass is 295 g/mol. The second-order valence-corrected chi connectivity index (χ2v) is 6.48. The lowest BCUT2D eigenvalue weighted by atomic mass is 10.0. The maximum absolute atomic E-state index is 7.43. The Kier molecular flexibility index (Phi) is 4.37. The molecule has 0 bridgehead atoms. The lowest BCUT2D eigenvalue weighted by Gasteiger charge is -2.41. The summed E-state index contributed by atoms with van der Waals surface area (Å²) in [4.78, 5) is 2.35. The van der Waals surface area contributed by atoms with Gasteiger partial charge in [-0.3, -0.25) is 10.3 Å². The molecule has 0 spiro atoms. The highest BCUT2D eigenvalue weighted by Gasteiger charge is 2.31. The first-order chi connectivity index (χ1) is 9.27. The Morgan fingerprint density at radius 1 is 1.55 bits per heavy atom. The largest absolute Gasteiger partial charge is 0.384 e. The van der Waals surface area contributed by atoms with Gasteiger partial charge in [-0.15, -0.1) is 0 Å². The third-order valence-corrected chi connectivity index (χ3v) is 3.75. The molecule has 1 aliphatic heterocycles. The number of halogens is 1. The smallest absolute Gasteiger partial charge is 0.122 e. The van der Waals surface area contributed by atoms with Crippen LogP contribution in [0.1, 0.15) is 31.9 Å². The summed E-state index contributed by atoms with van der Waals surface area (Å²) >= 11 is 6.29. The summed E-state index contributed by atoms with van der Waals surface area (Å²) in [6, 6.07) is 5.55. The van der Waals surface area contributed by atoms with Crippen molar-refractivity contribution in [3.63, 3.8) is 0 Å². The van der Waals surface area contributed by atoms with Gasteiger partial charge in [-0.05, 0) is 32.4 Å². The number of hydrogen-bond donors (Lipinski definition) is 2. The normalized spacial score (nSPS) is 22.7. The van der Waals surface area contributed by atoms with Crippen LogP contribution in [-0.4, -0.2) is 35.5 Å². The van der Waals surface area contributed by atoms with Crippen LogP contribution in [0.4, 0.5) is 0 Å². The second kappa shape index (κ2) is 5.72. The van der Waals surface area contributed by atoms with Crippen molar-refractivity contribution in [1.29, 1.82) is 5.41 Å². The van der Waals surface area contributed by atoms with E-state index in [0.717, 1.165) is 25.2 Å². The van der Waals surface area contributed by atoms with Gasteiger partial charge in [-0.25, -0.2) is 0 Å². The molecule has 0 aliphatic carbocycles. The average molecular weight is 296 g/mol. The first-order valence-corrected chi connectivity index (χ1v) is 7.17. The summed E-state index contributed by atoms with van der Waals surface area (Å²) in [6.07, 6.45) is 0.217. The van der Waals surface area contributed by atoms with Crippen LogP contribution in [0.3, 0.4) is 0 Å². The number of nitrogens with one attached hydrogen (secondary N) is 1. The Labute approximate surface area is 125 Å². The van der Waals surface area contributed by atoms with Crippen LogP contribution in [0.5, 0.6) is 0 Å². The molecular weight excluding hydrogens is 274 g/mol. The Morgan fingerprint density at radius 3 is 2.80 bits per heavy atom. The van der Waals surface area contributed by atoms with E-state index in [-0.39, 0.29) is 17.5 Å². The maximum Gasteiger partial charge on any atom is 0.122 e. The zero-order valence-corrected chi connectivity index (χ0v) is 13.0. The summed E-state index contributed by atoms with van der Waals surface area (Å²) < 4.78 is 5.90. The van der Waals surface area contributed by atoms with E-state index in [1.807, 2.05) is 12.1 Å². The quantitative estimate of drug-likeness (QED) is 0.665. The Hall–Kier alpha value is -1.10. The van der Waals surface area contributed by atoms with E-state index >= 15 is 0 Å². The van der Waals surface area contributed by atoms with E-state index in [2.05, 4.69) is 25.7 Å². The molecule has 1 heterocycles. The number of nitrogens with two attached hydrogens (primary N) is 1. The van der Waals surface area contributed by atoms with E-state index in [0.29, 0.717) is 10.6 Å². The first kappa shape index (κ1) is 15.3. The summed E-state index contributed by atoms with van der Waals surface area (Å²) in [7, 11) is 0. The molecule has 1 aromatic carbocycles. The van der Waals surface area contributed by atoms with Gasteiger partial charge in [0.25, 0.3) is 0 Å². The lowest BCUT2D eigenvalue weighted by Crippen LogP contribution is -2.51.